The highest BCUT2D eigenvalue weighted by molar-refractivity contribution is 7.85. The first-order valence-corrected chi connectivity index (χ1v) is 6.28. The molecule has 1 fully saturated rings. The van der Waals surface area contributed by atoms with Crippen LogP contribution in [0.3, 0.4) is 0 Å². The largest absolute Gasteiger partial charge is 0.297 e. The predicted octanol–water partition coefficient (Wildman–Crippen LogP) is 1.41. The Kier molecular flexibility index (Phi) is 4.13. The quantitative estimate of drug-likeness (QED) is 0.643. The van der Waals surface area contributed by atoms with Gasteiger partial charge < -0.3 is 0 Å². The van der Waals surface area contributed by atoms with E-state index in [0.29, 0.717) is 5.25 Å². The highest BCUT2D eigenvalue weighted by Gasteiger charge is 2.21. The Balaban J connectivity index is 2.37. The number of rotatable bonds is 3. The molecule has 2 nitrogen and oxygen atoms in total. The Labute approximate surface area is 83.5 Å². The Hall–Kier alpha value is -0.150. The molecule has 1 aliphatic rings. The molecule has 76 valence electrons. The first kappa shape index (κ1) is 10.9. The molecule has 0 aromatic heterocycles. The molecule has 2 unspecified atom stereocenters. The van der Waals surface area contributed by atoms with Gasteiger partial charge in [-0.05, 0) is 13.3 Å². The predicted molar refractivity (Wildman–Crippen MR) is 58.3 cm³/mol. The fraction of sp³-hybridized carbons (Fsp3) is 0.800. The standard InChI is InChI=1S/C10H19NOS/c1-4-9(2)7-11-5-6-13(12)10(3)8-11/h10H,2,4-8H2,1,3H3. The van der Waals surface area contributed by atoms with Crippen molar-refractivity contribution in [2.75, 3.05) is 25.4 Å². The van der Waals surface area contributed by atoms with Crippen molar-refractivity contribution in [3.8, 4) is 0 Å². The van der Waals surface area contributed by atoms with Gasteiger partial charge in [-0.2, -0.15) is 0 Å². The molecule has 0 spiro atoms. The fourth-order valence-corrected chi connectivity index (χ4v) is 2.75. The maximum absolute atomic E-state index is 11.4. The summed E-state index contributed by atoms with van der Waals surface area (Å²) in [6, 6.07) is 0. The van der Waals surface area contributed by atoms with Crippen LogP contribution in [0, 0.1) is 0 Å². The van der Waals surface area contributed by atoms with Crippen molar-refractivity contribution in [3.63, 3.8) is 0 Å². The van der Waals surface area contributed by atoms with Crippen molar-refractivity contribution in [1.29, 1.82) is 0 Å². The van der Waals surface area contributed by atoms with Crippen LogP contribution in [0.1, 0.15) is 20.3 Å². The third kappa shape index (κ3) is 3.24. The molecule has 1 saturated heterocycles. The molecule has 0 N–H and O–H groups in total. The molecular formula is C10H19NOS. The topological polar surface area (TPSA) is 20.3 Å². The molecule has 0 aromatic carbocycles. The van der Waals surface area contributed by atoms with Crippen molar-refractivity contribution in [2.24, 2.45) is 0 Å². The van der Waals surface area contributed by atoms with Crippen LogP contribution in [0.4, 0.5) is 0 Å². The highest BCUT2D eigenvalue weighted by atomic mass is 32.2. The maximum atomic E-state index is 11.4. The van der Waals surface area contributed by atoms with E-state index in [9.17, 15) is 4.21 Å². The SMILES string of the molecule is C=C(CC)CN1CCS(=O)C(C)C1. The number of nitrogens with zero attached hydrogens (tertiary/aromatic N) is 1. The lowest BCUT2D eigenvalue weighted by atomic mass is 10.2. The van der Waals surface area contributed by atoms with Crippen molar-refractivity contribution in [2.45, 2.75) is 25.5 Å². The van der Waals surface area contributed by atoms with Crippen molar-refractivity contribution in [3.05, 3.63) is 12.2 Å². The summed E-state index contributed by atoms with van der Waals surface area (Å²) in [6.07, 6.45) is 1.05. The van der Waals surface area contributed by atoms with E-state index in [1.165, 1.54) is 5.57 Å². The molecule has 1 heterocycles. The van der Waals surface area contributed by atoms with E-state index in [2.05, 4.69) is 25.3 Å². The van der Waals surface area contributed by atoms with Gasteiger partial charge in [0.15, 0.2) is 0 Å². The number of hydrogen-bond donors (Lipinski definition) is 0. The van der Waals surface area contributed by atoms with Gasteiger partial charge in [-0.15, -0.1) is 0 Å². The Morgan fingerprint density at radius 3 is 2.92 bits per heavy atom. The fourth-order valence-electron chi connectivity index (χ4n) is 1.53. The van der Waals surface area contributed by atoms with Crippen LogP contribution in [-0.4, -0.2) is 39.7 Å². The zero-order valence-electron chi connectivity index (χ0n) is 8.58. The summed E-state index contributed by atoms with van der Waals surface area (Å²) in [4.78, 5) is 2.36. The van der Waals surface area contributed by atoms with E-state index in [0.717, 1.165) is 31.8 Å². The van der Waals surface area contributed by atoms with Gasteiger partial charge in [0.2, 0.25) is 0 Å². The lowest BCUT2D eigenvalue weighted by Crippen LogP contribution is -2.43. The molecule has 2 atom stereocenters. The first-order valence-electron chi connectivity index (χ1n) is 4.89. The maximum Gasteiger partial charge on any atom is 0.0447 e. The van der Waals surface area contributed by atoms with Crippen LogP contribution in [0.5, 0.6) is 0 Å². The zero-order chi connectivity index (χ0) is 9.84. The third-order valence-electron chi connectivity index (χ3n) is 2.52. The van der Waals surface area contributed by atoms with E-state index in [1.54, 1.807) is 0 Å². The molecule has 3 heteroatoms. The summed E-state index contributed by atoms with van der Waals surface area (Å²) in [6.45, 7) is 11.1. The minimum absolute atomic E-state index is 0.332. The summed E-state index contributed by atoms with van der Waals surface area (Å²) < 4.78 is 11.4. The Morgan fingerprint density at radius 1 is 1.69 bits per heavy atom. The van der Waals surface area contributed by atoms with Crippen molar-refractivity contribution in [1.82, 2.24) is 4.90 Å². The molecule has 0 amide bonds. The van der Waals surface area contributed by atoms with Crippen LogP contribution in [0.2, 0.25) is 0 Å². The molecule has 0 bridgehead atoms. The zero-order valence-corrected chi connectivity index (χ0v) is 9.40. The molecule has 0 aromatic rings. The molecule has 1 rings (SSSR count). The molecule has 1 aliphatic heterocycles. The molecule has 0 aliphatic carbocycles. The van der Waals surface area contributed by atoms with Crippen LogP contribution >= 0.6 is 0 Å². The van der Waals surface area contributed by atoms with Crippen molar-refractivity contribution >= 4 is 10.8 Å². The Bertz CT molecular complexity index is 215. The van der Waals surface area contributed by atoms with Crippen LogP contribution in [0.25, 0.3) is 0 Å². The van der Waals surface area contributed by atoms with Gasteiger partial charge in [0.05, 0.1) is 0 Å². The van der Waals surface area contributed by atoms with E-state index >= 15 is 0 Å². The minimum atomic E-state index is -0.594. The van der Waals surface area contributed by atoms with E-state index in [-0.39, 0.29) is 0 Å². The minimum Gasteiger partial charge on any atom is -0.297 e. The number of hydrogen-bond acceptors (Lipinski definition) is 2. The summed E-state index contributed by atoms with van der Waals surface area (Å²) in [7, 11) is -0.594. The van der Waals surface area contributed by atoms with Crippen molar-refractivity contribution < 1.29 is 4.21 Å². The Morgan fingerprint density at radius 2 is 2.38 bits per heavy atom. The lowest BCUT2D eigenvalue weighted by molar-refractivity contribution is 0.304. The van der Waals surface area contributed by atoms with Crippen LogP contribution < -0.4 is 0 Å². The van der Waals surface area contributed by atoms with Gasteiger partial charge in [-0.1, -0.05) is 19.1 Å². The molecular weight excluding hydrogens is 182 g/mol. The second kappa shape index (κ2) is 4.91. The average molecular weight is 201 g/mol. The monoisotopic (exact) mass is 201 g/mol. The summed E-state index contributed by atoms with van der Waals surface area (Å²) >= 11 is 0. The lowest BCUT2D eigenvalue weighted by Gasteiger charge is -2.30. The summed E-state index contributed by atoms with van der Waals surface area (Å²) in [5.74, 6) is 0.832. The van der Waals surface area contributed by atoms with Gasteiger partial charge >= 0.3 is 0 Å². The van der Waals surface area contributed by atoms with Gasteiger partial charge in [0, 0.05) is 41.4 Å². The normalized spacial score (nSPS) is 30.3. The average Bonchev–Trinajstić information content (AvgIpc) is 2.11. The van der Waals surface area contributed by atoms with Crippen LogP contribution in [-0.2, 0) is 10.8 Å². The van der Waals surface area contributed by atoms with E-state index < -0.39 is 10.8 Å². The summed E-state index contributed by atoms with van der Waals surface area (Å²) in [5, 5.41) is 0.332. The van der Waals surface area contributed by atoms with E-state index in [1.807, 2.05) is 0 Å². The molecule has 0 saturated carbocycles. The highest BCUT2D eigenvalue weighted by Crippen LogP contribution is 2.10. The van der Waals surface area contributed by atoms with Gasteiger partial charge in [-0.3, -0.25) is 9.11 Å². The van der Waals surface area contributed by atoms with E-state index in [4.69, 9.17) is 0 Å². The van der Waals surface area contributed by atoms with Gasteiger partial charge in [-0.25, -0.2) is 0 Å². The molecule has 0 radical (unpaired) electrons. The third-order valence-corrected chi connectivity index (χ3v) is 4.15. The molecule has 13 heavy (non-hydrogen) atoms. The van der Waals surface area contributed by atoms with Crippen LogP contribution in [0.15, 0.2) is 12.2 Å². The summed E-state index contributed by atoms with van der Waals surface area (Å²) in [5.41, 5.74) is 1.28. The first-order chi connectivity index (χ1) is 6.13. The second-order valence-electron chi connectivity index (χ2n) is 3.73. The smallest absolute Gasteiger partial charge is 0.0447 e. The van der Waals surface area contributed by atoms with Gasteiger partial charge in [0.25, 0.3) is 0 Å². The second-order valence-corrected chi connectivity index (χ2v) is 5.71. The van der Waals surface area contributed by atoms with Gasteiger partial charge in [0.1, 0.15) is 0 Å².